The highest BCUT2D eigenvalue weighted by Gasteiger charge is 2.10. The van der Waals surface area contributed by atoms with E-state index in [0.29, 0.717) is 0 Å². The van der Waals surface area contributed by atoms with Gasteiger partial charge >= 0.3 is 5.95 Å². The fraction of sp³-hybridized carbons (Fsp3) is 0.250. The Morgan fingerprint density at radius 1 is 1.24 bits per heavy atom. The fourth-order valence-electron chi connectivity index (χ4n) is 1.59. The van der Waals surface area contributed by atoms with Crippen molar-refractivity contribution in [1.82, 2.24) is 4.57 Å². The molecule has 0 saturated heterocycles. The Morgan fingerprint density at radius 3 is 2.65 bits per heavy atom. The predicted molar refractivity (Wildman–Crippen MR) is 66.8 cm³/mol. The molecule has 0 unspecified atom stereocenters. The van der Waals surface area contributed by atoms with Crippen LogP contribution in [0.1, 0.15) is 0 Å². The molecule has 0 radical (unpaired) electrons. The Hall–Kier alpha value is -2.17. The third kappa shape index (κ3) is 2.33. The van der Waals surface area contributed by atoms with E-state index < -0.39 is 0 Å². The van der Waals surface area contributed by atoms with E-state index in [1.54, 1.807) is 0 Å². The van der Waals surface area contributed by atoms with Crippen LogP contribution in [0, 0.1) is 0 Å². The maximum Gasteiger partial charge on any atom is 0.421 e. The van der Waals surface area contributed by atoms with Gasteiger partial charge in [-0.15, -0.1) is 0 Å². The quantitative estimate of drug-likeness (QED) is 0.638. The van der Waals surface area contributed by atoms with Crippen LogP contribution in [0.4, 0.5) is 17.3 Å². The van der Waals surface area contributed by atoms with Gasteiger partial charge in [0.25, 0.3) is 0 Å². The lowest BCUT2D eigenvalue weighted by molar-refractivity contribution is -0.657. The van der Waals surface area contributed by atoms with E-state index >= 15 is 0 Å². The maximum absolute atomic E-state index is 4.26. The standard InChI is InChI=1S/C12H15N5/c1-13-10-6-4-5-7-11(10)14-15-12-16(2)8-9-17(12)3/h4-9H,1-3H3/p+1. The number of benzene rings is 1. The molecule has 0 bridgehead atoms. The molecule has 0 amide bonds. The minimum absolute atomic E-state index is 0.802. The number of hydrogen-bond acceptors (Lipinski definition) is 3. The predicted octanol–water partition coefficient (Wildman–Crippen LogP) is 2.31. The molecule has 88 valence electrons. The zero-order valence-corrected chi connectivity index (χ0v) is 10.3. The van der Waals surface area contributed by atoms with Crippen LogP contribution in [0.3, 0.4) is 0 Å². The van der Waals surface area contributed by atoms with E-state index in [0.717, 1.165) is 17.3 Å². The van der Waals surface area contributed by atoms with Crippen molar-refractivity contribution >= 4 is 17.3 Å². The summed E-state index contributed by atoms with van der Waals surface area (Å²) >= 11 is 0. The number of rotatable bonds is 3. The summed E-state index contributed by atoms with van der Waals surface area (Å²) in [5.41, 5.74) is 1.80. The Kier molecular flexibility index (Phi) is 3.18. The average molecular weight is 230 g/mol. The minimum Gasteiger partial charge on any atom is -0.386 e. The summed E-state index contributed by atoms with van der Waals surface area (Å²) in [5.74, 6) is 0.802. The summed E-state index contributed by atoms with van der Waals surface area (Å²) in [6, 6.07) is 7.81. The number of para-hydroxylation sites is 1. The van der Waals surface area contributed by atoms with Crippen LogP contribution in [-0.2, 0) is 14.1 Å². The van der Waals surface area contributed by atoms with Crippen LogP contribution in [0.2, 0.25) is 0 Å². The van der Waals surface area contributed by atoms with Crippen molar-refractivity contribution in [3.05, 3.63) is 36.7 Å². The van der Waals surface area contributed by atoms with E-state index in [1.807, 2.05) is 66.9 Å². The number of nitrogens with one attached hydrogen (secondary N) is 1. The highest BCUT2D eigenvalue weighted by atomic mass is 15.3. The normalized spacial score (nSPS) is 11.0. The molecule has 0 atom stereocenters. The molecule has 1 N–H and O–H groups in total. The number of anilines is 1. The van der Waals surface area contributed by atoms with Crippen molar-refractivity contribution in [2.24, 2.45) is 24.3 Å². The fourth-order valence-corrected chi connectivity index (χ4v) is 1.59. The molecule has 0 aliphatic carbocycles. The largest absolute Gasteiger partial charge is 0.421 e. The van der Waals surface area contributed by atoms with Gasteiger partial charge in [-0.25, -0.2) is 9.13 Å². The number of aromatic nitrogens is 2. The number of azo groups is 1. The lowest BCUT2D eigenvalue weighted by Gasteiger charge is -2.00. The first-order valence-corrected chi connectivity index (χ1v) is 5.42. The van der Waals surface area contributed by atoms with Crippen LogP contribution in [0.5, 0.6) is 0 Å². The van der Waals surface area contributed by atoms with E-state index in [4.69, 9.17) is 0 Å². The third-order valence-electron chi connectivity index (χ3n) is 2.57. The van der Waals surface area contributed by atoms with Gasteiger partial charge in [0, 0.05) is 12.2 Å². The van der Waals surface area contributed by atoms with Gasteiger partial charge in [0.2, 0.25) is 0 Å². The van der Waals surface area contributed by atoms with Crippen LogP contribution in [0.25, 0.3) is 0 Å². The maximum atomic E-state index is 4.26. The highest BCUT2D eigenvalue weighted by molar-refractivity contribution is 5.64. The number of nitrogens with zero attached hydrogens (tertiary/aromatic N) is 4. The molecule has 5 nitrogen and oxygen atoms in total. The molecule has 1 aromatic heterocycles. The molecule has 0 aliphatic heterocycles. The summed E-state index contributed by atoms with van der Waals surface area (Å²) in [4.78, 5) is 0. The molecule has 5 heteroatoms. The molecule has 1 heterocycles. The first kappa shape index (κ1) is 11.3. The van der Waals surface area contributed by atoms with Crippen molar-refractivity contribution in [1.29, 1.82) is 0 Å². The van der Waals surface area contributed by atoms with Crippen LogP contribution < -0.4 is 9.88 Å². The van der Waals surface area contributed by atoms with E-state index in [-0.39, 0.29) is 0 Å². The zero-order chi connectivity index (χ0) is 12.3. The third-order valence-corrected chi connectivity index (χ3v) is 2.57. The molecule has 0 spiro atoms. The zero-order valence-electron chi connectivity index (χ0n) is 10.3. The van der Waals surface area contributed by atoms with Gasteiger partial charge in [-0.1, -0.05) is 17.2 Å². The second-order valence-electron chi connectivity index (χ2n) is 3.79. The Bertz CT molecular complexity index is 522. The molecule has 2 rings (SSSR count). The molecule has 17 heavy (non-hydrogen) atoms. The summed E-state index contributed by atoms with van der Waals surface area (Å²) in [6.07, 6.45) is 3.89. The van der Waals surface area contributed by atoms with Gasteiger partial charge in [-0.05, 0) is 12.1 Å². The van der Waals surface area contributed by atoms with Crippen molar-refractivity contribution in [3.63, 3.8) is 0 Å². The highest BCUT2D eigenvalue weighted by Crippen LogP contribution is 2.24. The van der Waals surface area contributed by atoms with Gasteiger partial charge in [0.05, 0.1) is 32.2 Å². The second-order valence-corrected chi connectivity index (χ2v) is 3.79. The van der Waals surface area contributed by atoms with E-state index in [9.17, 15) is 0 Å². The van der Waals surface area contributed by atoms with Gasteiger partial charge in [-0.2, -0.15) is 0 Å². The summed E-state index contributed by atoms with van der Waals surface area (Å²) < 4.78 is 3.84. The Balaban J connectivity index is 2.32. The van der Waals surface area contributed by atoms with Crippen molar-refractivity contribution in [3.8, 4) is 0 Å². The summed E-state index contributed by atoms with van der Waals surface area (Å²) in [7, 11) is 5.76. The lowest BCUT2D eigenvalue weighted by Crippen LogP contribution is -2.25. The number of aryl methyl sites for hydroxylation is 2. The molecule has 0 fully saturated rings. The average Bonchev–Trinajstić information content (AvgIpc) is 2.67. The van der Waals surface area contributed by atoms with Gasteiger partial charge in [0.1, 0.15) is 5.69 Å². The van der Waals surface area contributed by atoms with Crippen molar-refractivity contribution < 1.29 is 4.57 Å². The van der Waals surface area contributed by atoms with Crippen LogP contribution in [0.15, 0.2) is 46.9 Å². The monoisotopic (exact) mass is 230 g/mol. The molecule has 1 aromatic carbocycles. The van der Waals surface area contributed by atoms with E-state index in [1.165, 1.54) is 0 Å². The van der Waals surface area contributed by atoms with E-state index in [2.05, 4.69) is 15.5 Å². The Morgan fingerprint density at radius 2 is 2.00 bits per heavy atom. The first-order chi connectivity index (χ1) is 8.22. The Labute approximate surface area is 100 Å². The van der Waals surface area contributed by atoms with Crippen LogP contribution >= 0.6 is 0 Å². The van der Waals surface area contributed by atoms with Crippen molar-refractivity contribution in [2.45, 2.75) is 0 Å². The topological polar surface area (TPSA) is 45.6 Å². The van der Waals surface area contributed by atoms with Crippen molar-refractivity contribution in [2.75, 3.05) is 12.4 Å². The van der Waals surface area contributed by atoms with Gasteiger partial charge in [0.15, 0.2) is 0 Å². The summed E-state index contributed by atoms with van der Waals surface area (Å²) in [6.45, 7) is 0. The molecular formula is C12H16N5+. The van der Waals surface area contributed by atoms with Gasteiger partial charge < -0.3 is 5.32 Å². The molecule has 0 aliphatic rings. The SMILES string of the molecule is CNc1ccccc1N=Nc1n(C)cc[n+]1C. The molecule has 0 saturated carbocycles. The van der Waals surface area contributed by atoms with Gasteiger partial charge in [-0.3, -0.25) is 0 Å². The first-order valence-electron chi connectivity index (χ1n) is 5.42. The number of hydrogen-bond donors (Lipinski definition) is 1. The van der Waals surface area contributed by atoms with Crippen LogP contribution in [-0.4, -0.2) is 11.6 Å². The minimum atomic E-state index is 0.802. The molecule has 2 aromatic rings. The smallest absolute Gasteiger partial charge is 0.386 e. The second kappa shape index (κ2) is 4.78. The lowest BCUT2D eigenvalue weighted by atomic mass is 10.3. The number of imidazole rings is 1. The summed E-state index contributed by atoms with van der Waals surface area (Å²) in [5, 5.41) is 11.6. The molecular weight excluding hydrogens is 214 g/mol.